The summed E-state index contributed by atoms with van der Waals surface area (Å²) >= 11 is 5.47. The number of pyridine rings is 1. The number of carbonyl (C=O) groups is 1. The van der Waals surface area contributed by atoms with Crippen LogP contribution < -0.4 is 0 Å². The van der Waals surface area contributed by atoms with Crippen molar-refractivity contribution in [1.29, 1.82) is 5.26 Å². The fourth-order valence-electron chi connectivity index (χ4n) is 1.12. The maximum atomic E-state index is 12.5. The van der Waals surface area contributed by atoms with Crippen LogP contribution in [0.3, 0.4) is 0 Å². The zero-order valence-corrected chi connectivity index (χ0v) is 8.50. The van der Waals surface area contributed by atoms with Crippen LogP contribution in [0.1, 0.15) is 23.2 Å². The van der Waals surface area contributed by atoms with Crippen LogP contribution in [0.15, 0.2) is 6.07 Å². The number of hydrogen-bond donors (Lipinski definition) is 1. The fraction of sp³-hybridized carbons (Fsp3) is 0.222. The number of rotatable bonds is 3. The number of nitrogens with zero attached hydrogens (tertiary/aromatic N) is 2. The first-order valence-corrected chi connectivity index (χ1v) is 4.43. The van der Waals surface area contributed by atoms with E-state index >= 15 is 0 Å². The molecule has 4 nitrogen and oxygen atoms in total. The zero-order chi connectivity index (χ0) is 12.3. The summed E-state index contributed by atoms with van der Waals surface area (Å²) in [7, 11) is 0. The lowest BCUT2D eigenvalue weighted by Crippen LogP contribution is -2.07. The van der Waals surface area contributed by atoms with E-state index in [4.69, 9.17) is 22.0 Å². The number of halogens is 3. The molecule has 0 fully saturated rings. The molecule has 1 rings (SSSR count). The molecular formula is C9H5ClF2N2O2. The van der Waals surface area contributed by atoms with Gasteiger partial charge in [0.1, 0.15) is 16.9 Å². The second kappa shape index (κ2) is 4.86. The Kier molecular flexibility index (Phi) is 3.74. The standard InChI is InChI=1S/C9H5ClF2N2O2/c10-8-5(3-13)1-4(2-6(15)16)7(14-8)9(11)12/h1,9H,2H2,(H,15,16). The van der Waals surface area contributed by atoms with Crippen molar-refractivity contribution >= 4 is 17.6 Å². The molecule has 0 radical (unpaired) electrons. The Morgan fingerprint density at radius 3 is 2.75 bits per heavy atom. The summed E-state index contributed by atoms with van der Waals surface area (Å²) in [6, 6.07) is 2.66. The van der Waals surface area contributed by atoms with E-state index in [9.17, 15) is 13.6 Å². The van der Waals surface area contributed by atoms with E-state index in [0.717, 1.165) is 6.07 Å². The normalized spacial score (nSPS) is 10.2. The summed E-state index contributed by atoms with van der Waals surface area (Å²) in [6.45, 7) is 0. The lowest BCUT2D eigenvalue weighted by atomic mass is 10.1. The Labute approximate surface area is 94.1 Å². The van der Waals surface area contributed by atoms with Crippen LogP contribution in [0.4, 0.5) is 8.78 Å². The van der Waals surface area contributed by atoms with Crippen molar-refractivity contribution in [3.63, 3.8) is 0 Å². The Bertz CT molecular complexity index is 471. The molecular weight excluding hydrogens is 242 g/mol. The Morgan fingerprint density at radius 2 is 2.31 bits per heavy atom. The first kappa shape index (κ1) is 12.3. The van der Waals surface area contributed by atoms with Gasteiger partial charge in [0.05, 0.1) is 12.0 Å². The highest BCUT2D eigenvalue weighted by atomic mass is 35.5. The number of nitriles is 1. The fourth-order valence-corrected chi connectivity index (χ4v) is 1.31. The van der Waals surface area contributed by atoms with Crippen LogP contribution in [0.2, 0.25) is 5.15 Å². The highest BCUT2D eigenvalue weighted by Crippen LogP contribution is 2.25. The monoisotopic (exact) mass is 246 g/mol. The number of aromatic nitrogens is 1. The van der Waals surface area contributed by atoms with Gasteiger partial charge in [0.2, 0.25) is 0 Å². The molecule has 1 heterocycles. The number of aliphatic carboxylic acids is 1. The van der Waals surface area contributed by atoms with Crippen LogP contribution in [0, 0.1) is 11.3 Å². The Balaban J connectivity index is 3.32. The average Bonchev–Trinajstić information content (AvgIpc) is 2.19. The average molecular weight is 247 g/mol. The molecule has 1 aromatic heterocycles. The van der Waals surface area contributed by atoms with Crippen LogP contribution in [-0.4, -0.2) is 16.1 Å². The predicted octanol–water partition coefficient (Wildman–Crippen LogP) is 2.17. The molecule has 7 heteroatoms. The third-order valence-corrected chi connectivity index (χ3v) is 2.05. The SMILES string of the molecule is N#Cc1cc(CC(=O)O)c(C(F)F)nc1Cl. The van der Waals surface area contributed by atoms with E-state index in [2.05, 4.69) is 4.98 Å². The smallest absolute Gasteiger partial charge is 0.307 e. The van der Waals surface area contributed by atoms with Crippen LogP contribution in [-0.2, 0) is 11.2 Å². The van der Waals surface area contributed by atoms with Crippen LogP contribution in [0.25, 0.3) is 0 Å². The maximum Gasteiger partial charge on any atom is 0.307 e. The van der Waals surface area contributed by atoms with E-state index in [-0.39, 0.29) is 16.3 Å². The first-order valence-electron chi connectivity index (χ1n) is 4.05. The van der Waals surface area contributed by atoms with E-state index in [1.54, 1.807) is 6.07 Å². The molecule has 0 spiro atoms. The van der Waals surface area contributed by atoms with E-state index in [1.165, 1.54) is 0 Å². The topological polar surface area (TPSA) is 74.0 Å². The third kappa shape index (κ3) is 2.64. The molecule has 0 unspecified atom stereocenters. The molecule has 0 amide bonds. The number of hydrogen-bond acceptors (Lipinski definition) is 3. The number of carboxylic acids is 1. The van der Waals surface area contributed by atoms with E-state index < -0.39 is 24.5 Å². The molecule has 0 aromatic carbocycles. The predicted molar refractivity (Wildman–Crippen MR) is 50.3 cm³/mol. The first-order chi connectivity index (χ1) is 7.45. The summed E-state index contributed by atoms with van der Waals surface area (Å²) in [5.74, 6) is -1.28. The van der Waals surface area contributed by atoms with Gasteiger partial charge in [0.25, 0.3) is 6.43 Å². The zero-order valence-electron chi connectivity index (χ0n) is 7.75. The highest BCUT2D eigenvalue weighted by Gasteiger charge is 2.19. The lowest BCUT2D eigenvalue weighted by molar-refractivity contribution is -0.136. The minimum Gasteiger partial charge on any atom is -0.481 e. The van der Waals surface area contributed by atoms with Crippen molar-refractivity contribution in [2.75, 3.05) is 0 Å². The van der Waals surface area contributed by atoms with Crippen molar-refractivity contribution in [3.05, 3.63) is 28.0 Å². The van der Waals surface area contributed by atoms with Gasteiger partial charge in [-0.1, -0.05) is 11.6 Å². The Morgan fingerprint density at radius 1 is 1.69 bits per heavy atom. The molecule has 0 aliphatic carbocycles. The van der Waals surface area contributed by atoms with Gasteiger partial charge in [0, 0.05) is 0 Å². The minimum atomic E-state index is -2.93. The van der Waals surface area contributed by atoms with Gasteiger partial charge >= 0.3 is 5.97 Å². The molecule has 0 bridgehead atoms. The van der Waals surface area contributed by atoms with E-state index in [1.807, 2.05) is 0 Å². The second-order valence-corrected chi connectivity index (χ2v) is 3.21. The van der Waals surface area contributed by atoms with Gasteiger partial charge in [-0.05, 0) is 11.6 Å². The van der Waals surface area contributed by atoms with Gasteiger partial charge < -0.3 is 5.11 Å². The highest BCUT2D eigenvalue weighted by molar-refractivity contribution is 6.30. The van der Waals surface area contributed by atoms with Crippen molar-refractivity contribution < 1.29 is 18.7 Å². The lowest BCUT2D eigenvalue weighted by Gasteiger charge is -2.07. The van der Waals surface area contributed by atoms with Crippen LogP contribution >= 0.6 is 11.6 Å². The largest absolute Gasteiger partial charge is 0.481 e. The maximum absolute atomic E-state index is 12.5. The summed E-state index contributed by atoms with van der Waals surface area (Å²) in [5, 5.41) is 16.8. The summed E-state index contributed by atoms with van der Waals surface area (Å²) < 4.78 is 25.0. The minimum absolute atomic E-state index is 0.123. The van der Waals surface area contributed by atoms with Gasteiger partial charge in [-0.2, -0.15) is 5.26 Å². The molecule has 0 aliphatic rings. The van der Waals surface area contributed by atoms with Gasteiger partial charge in [-0.15, -0.1) is 0 Å². The molecule has 0 atom stereocenters. The van der Waals surface area contributed by atoms with Crippen molar-refractivity contribution in [1.82, 2.24) is 4.98 Å². The van der Waals surface area contributed by atoms with Gasteiger partial charge in [-0.25, -0.2) is 13.8 Å². The molecule has 0 aliphatic heterocycles. The summed E-state index contributed by atoms with van der Waals surface area (Å²) in [4.78, 5) is 13.8. The van der Waals surface area contributed by atoms with Crippen LogP contribution in [0.5, 0.6) is 0 Å². The molecule has 0 saturated heterocycles. The van der Waals surface area contributed by atoms with Gasteiger partial charge in [0.15, 0.2) is 0 Å². The second-order valence-electron chi connectivity index (χ2n) is 2.85. The third-order valence-electron chi connectivity index (χ3n) is 1.76. The molecule has 1 aromatic rings. The van der Waals surface area contributed by atoms with Gasteiger partial charge in [-0.3, -0.25) is 4.79 Å². The van der Waals surface area contributed by atoms with Crippen molar-refractivity contribution in [2.24, 2.45) is 0 Å². The van der Waals surface area contributed by atoms with Crippen molar-refractivity contribution in [3.8, 4) is 6.07 Å². The summed E-state index contributed by atoms with van der Waals surface area (Å²) in [6.07, 6.45) is -3.56. The Hall–Kier alpha value is -1.74. The number of alkyl halides is 2. The molecule has 0 saturated carbocycles. The quantitative estimate of drug-likeness (QED) is 0.830. The number of carboxylic acid groups (broad SMARTS) is 1. The van der Waals surface area contributed by atoms with Crippen molar-refractivity contribution in [2.45, 2.75) is 12.8 Å². The molecule has 1 N–H and O–H groups in total. The molecule has 16 heavy (non-hydrogen) atoms. The molecule has 84 valence electrons. The van der Waals surface area contributed by atoms with E-state index in [0.29, 0.717) is 0 Å². The summed E-state index contributed by atoms with van der Waals surface area (Å²) in [5.41, 5.74) is -1.03.